The molecule has 1 aromatic rings. The molecular weight excluding hydrogens is 307 g/mol. The van der Waals surface area contributed by atoms with Crippen LogP contribution in [-0.2, 0) is 6.18 Å². The van der Waals surface area contributed by atoms with Crippen molar-refractivity contribution < 1.29 is 13.2 Å². The molecule has 0 amide bonds. The normalized spacial score (nSPS) is 11.6. The predicted octanol–water partition coefficient (Wildman–Crippen LogP) is 5.46. The van der Waals surface area contributed by atoms with Crippen LogP contribution in [-0.4, -0.2) is 6.54 Å². The van der Waals surface area contributed by atoms with E-state index in [0.717, 1.165) is 31.5 Å². The lowest BCUT2D eigenvalue weighted by atomic mass is 10.2. The number of unbranched alkanes of at least 4 members (excludes halogenated alkanes) is 3. The first-order valence-corrected chi connectivity index (χ1v) is 6.85. The maximum absolute atomic E-state index is 12.4. The van der Waals surface area contributed by atoms with Gasteiger partial charge in [0.15, 0.2) is 0 Å². The van der Waals surface area contributed by atoms with E-state index >= 15 is 0 Å². The van der Waals surface area contributed by atoms with Crippen molar-refractivity contribution in [1.29, 1.82) is 0 Å². The van der Waals surface area contributed by atoms with Gasteiger partial charge in [-0.2, -0.15) is 13.2 Å². The zero-order valence-corrected chi connectivity index (χ0v) is 11.9. The number of hydrogen-bond acceptors (Lipinski definition) is 1. The summed E-state index contributed by atoms with van der Waals surface area (Å²) in [6, 6.07) is 3.67. The third-order valence-electron chi connectivity index (χ3n) is 2.64. The van der Waals surface area contributed by atoms with Gasteiger partial charge in [0.1, 0.15) is 0 Å². The van der Waals surface area contributed by atoms with Gasteiger partial charge in [0.25, 0.3) is 0 Å². The molecule has 0 bridgehead atoms. The summed E-state index contributed by atoms with van der Waals surface area (Å²) in [5.74, 6) is 0. The SMILES string of the molecule is CCCCCCNc1ccc(C(F)(F)F)cc1Br. The molecule has 1 aromatic carbocycles. The molecule has 0 aliphatic carbocycles. The quantitative estimate of drug-likeness (QED) is 0.685. The Kier molecular flexibility index (Phi) is 5.99. The van der Waals surface area contributed by atoms with Crippen LogP contribution in [0.1, 0.15) is 38.2 Å². The number of nitrogens with one attached hydrogen (secondary N) is 1. The van der Waals surface area contributed by atoms with Crippen molar-refractivity contribution in [3.63, 3.8) is 0 Å². The molecule has 102 valence electrons. The third kappa shape index (κ3) is 4.88. The summed E-state index contributed by atoms with van der Waals surface area (Å²) in [6.07, 6.45) is 0.241. The van der Waals surface area contributed by atoms with Crippen LogP contribution in [0, 0.1) is 0 Å². The highest BCUT2D eigenvalue weighted by molar-refractivity contribution is 9.10. The Hall–Kier alpha value is -0.710. The van der Waals surface area contributed by atoms with Gasteiger partial charge in [-0.15, -0.1) is 0 Å². The predicted molar refractivity (Wildman–Crippen MR) is 71.8 cm³/mol. The zero-order valence-electron chi connectivity index (χ0n) is 10.3. The molecule has 0 saturated carbocycles. The maximum Gasteiger partial charge on any atom is 0.416 e. The van der Waals surface area contributed by atoms with Gasteiger partial charge >= 0.3 is 6.18 Å². The molecule has 1 rings (SSSR count). The average molecular weight is 324 g/mol. The highest BCUT2D eigenvalue weighted by Crippen LogP contribution is 2.33. The number of rotatable bonds is 6. The van der Waals surface area contributed by atoms with Gasteiger partial charge in [-0.25, -0.2) is 0 Å². The minimum absolute atomic E-state index is 0.452. The standard InChI is InChI=1S/C13H17BrF3N/c1-2-3-4-5-8-18-12-7-6-10(9-11(12)14)13(15,16)17/h6-7,9,18H,2-5,8H2,1H3. The molecule has 1 N–H and O–H groups in total. The second-order valence-electron chi connectivity index (χ2n) is 4.18. The third-order valence-corrected chi connectivity index (χ3v) is 3.30. The van der Waals surface area contributed by atoms with E-state index < -0.39 is 11.7 Å². The fraction of sp³-hybridized carbons (Fsp3) is 0.538. The lowest BCUT2D eigenvalue weighted by Gasteiger charge is -2.11. The fourth-order valence-corrected chi connectivity index (χ4v) is 2.13. The van der Waals surface area contributed by atoms with Crippen molar-refractivity contribution in [2.24, 2.45) is 0 Å². The monoisotopic (exact) mass is 323 g/mol. The van der Waals surface area contributed by atoms with Crippen LogP contribution < -0.4 is 5.32 Å². The van der Waals surface area contributed by atoms with Gasteiger partial charge in [0, 0.05) is 16.7 Å². The summed E-state index contributed by atoms with van der Waals surface area (Å²) in [4.78, 5) is 0. The van der Waals surface area contributed by atoms with E-state index in [1.807, 2.05) is 0 Å². The Bertz CT molecular complexity index is 377. The molecule has 0 unspecified atom stereocenters. The van der Waals surface area contributed by atoms with Crippen LogP contribution in [0.15, 0.2) is 22.7 Å². The van der Waals surface area contributed by atoms with E-state index in [9.17, 15) is 13.2 Å². The fourth-order valence-electron chi connectivity index (χ4n) is 1.61. The summed E-state index contributed by atoms with van der Waals surface area (Å²) < 4.78 is 37.8. The Morgan fingerprint density at radius 3 is 2.44 bits per heavy atom. The van der Waals surface area contributed by atoms with Crippen LogP contribution in [0.25, 0.3) is 0 Å². The van der Waals surface area contributed by atoms with E-state index in [0.29, 0.717) is 10.2 Å². The number of hydrogen-bond donors (Lipinski definition) is 1. The van der Waals surface area contributed by atoms with Gasteiger partial charge in [0.05, 0.1) is 5.56 Å². The van der Waals surface area contributed by atoms with Gasteiger partial charge in [-0.1, -0.05) is 26.2 Å². The molecule has 18 heavy (non-hydrogen) atoms. The topological polar surface area (TPSA) is 12.0 Å². The average Bonchev–Trinajstić information content (AvgIpc) is 2.29. The largest absolute Gasteiger partial charge is 0.416 e. The Morgan fingerprint density at radius 2 is 1.89 bits per heavy atom. The molecule has 1 nitrogen and oxygen atoms in total. The molecule has 0 radical (unpaired) electrons. The lowest BCUT2D eigenvalue weighted by Crippen LogP contribution is -2.06. The Morgan fingerprint density at radius 1 is 1.17 bits per heavy atom. The molecule has 0 spiro atoms. The van der Waals surface area contributed by atoms with E-state index in [-0.39, 0.29) is 0 Å². The highest BCUT2D eigenvalue weighted by Gasteiger charge is 2.30. The number of anilines is 1. The highest BCUT2D eigenvalue weighted by atomic mass is 79.9. The van der Waals surface area contributed by atoms with Gasteiger partial charge in [-0.3, -0.25) is 0 Å². The van der Waals surface area contributed by atoms with E-state index in [4.69, 9.17) is 0 Å². The number of benzene rings is 1. The summed E-state index contributed by atoms with van der Waals surface area (Å²) in [5.41, 5.74) is 0.0745. The van der Waals surface area contributed by atoms with Crippen LogP contribution in [0.5, 0.6) is 0 Å². The first-order valence-electron chi connectivity index (χ1n) is 6.05. The second-order valence-corrected chi connectivity index (χ2v) is 5.03. The van der Waals surface area contributed by atoms with Crippen molar-refractivity contribution in [1.82, 2.24) is 0 Å². The van der Waals surface area contributed by atoms with Crippen LogP contribution >= 0.6 is 15.9 Å². The van der Waals surface area contributed by atoms with Gasteiger partial charge < -0.3 is 5.32 Å². The summed E-state index contributed by atoms with van der Waals surface area (Å²) in [5, 5.41) is 3.14. The Labute approximate surface area is 114 Å². The minimum Gasteiger partial charge on any atom is -0.384 e. The first kappa shape index (κ1) is 15.3. The van der Waals surface area contributed by atoms with Crippen LogP contribution in [0.3, 0.4) is 0 Å². The second kappa shape index (κ2) is 7.02. The lowest BCUT2D eigenvalue weighted by molar-refractivity contribution is -0.137. The smallest absolute Gasteiger partial charge is 0.384 e. The van der Waals surface area contributed by atoms with Crippen molar-refractivity contribution >= 4 is 21.6 Å². The van der Waals surface area contributed by atoms with Crippen molar-refractivity contribution in [2.75, 3.05) is 11.9 Å². The summed E-state index contributed by atoms with van der Waals surface area (Å²) in [6.45, 7) is 2.92. The first-order chi connectivity index (χ1) is 8.45. The van der Waals surface area contributed by atoms with E-state index in [2.05, 4.69) is 28.2 Å². The summed E-state index contributed by atoms with van der Waals surface area (Å²) >= 11 is 3.16. The van der Waals surface area contributed by atoms with Crippen LogP contribution in [0.2, 0.25) is 0 Å². The molecule has 0 saturated heterocycles. The molecular formula is C13H17BrF3N. The summed E-state index contributed by atoms with van der Waals surface area (Å²) in [7, 11) is 0. The molecule has 0 atom stereocenters. The van der Waals surface area contributed by atoms with Gasteiger partial charge in [-0.05, 0) is 40.5 Å². The van der Waals surface area contributed by atoms with Crippen molar-refractivity contribution in [3.8, 4) is 0 Å². The molecule has 0 fully saturated rings. The molecule has 0 aromatic heterocycles. The molecule has 0 heterocycles. The Balaban J connectivity index is 2.53. The molecule has 0 aliphatic heterocycles. The number of alkyl halides is 3. The number of halogens is 4. The molecule has 5 heteroatoms. The van der Waals surface area contributed by atoms with Gasteiger partial charge in [0.2, 0.25) is 0 Å². The van der Waals surface area contributed by atoms with Crippen LogP contribution in [0.4, 0.5) is 18.9 Å². The van der Waals surface area contributed by atoms with E-state index in [1.54, 1.807) is 0 Å². The maximum atomic E-state index is 12.4. The zero-order chi connectivity index (χ0) is 13.6. The minimum atomic E-state index is -4.29. The van der Waals surface area contributed by atoms with E-state index in [1.165, 1.54) is 18.9 Å². The van der Waals surface area contributed by atoms with Crippen molar-refractivity contribution in [2.45, 2.75) is 38.8 Å². The molecule has 0 aliphatic rings. The van der Waals surface area contributed by atoms with Crippen molar-refractivity contribution in [3.05, 3.63) is 28.2 Å².